The zero-order valence-electron chi connectivity index (χ0n) is 13.8. The van der Waals surface area contributed by atoms with Crippen molar-refractivity contribution in [3.05, 3.63) is 65.2 Å². The number of esters is 1. The Morgan fingerprint density at radius 2 is 1.68 bits per heavy atom. The van der Waals surface area contributed by atoms with Crippen molar-refractivity contribution in [3.63, 3.8) is 0 Å². The van der Waals surface area contributed by atoms with Crippen molar-refractivity contribution in [2.75, 3.05) is 13.7 Å². The van der Waals surface area contributed by atoms with Gasteiger partial charge in [-0.05, 0) is 35.4 Å². The van der Waals surface area contributed by atoms with E-state index in [-0.39, 0.29) is 18.9 Å². The summed E-state index contributed by atoms with van der Waals surface area (Å²) in [6.07, 6.45) is 0.256. The second-order valence-electron chi connectivity index (χ2n) is 5.27. The van der Waals surface area contributed by atoms with Gasteiger partial charge in [-0.1, -0.05) is 24.3 Å². The monoisotopic (exact) mass is 338 g/mol. The SMILES string of the molecule is COC(=O)COc1ccc(CNC(=O)Cc2ccc(C#N)cc2)cc1. The molecule has 0 heterocycles. The fraction of sp³-hybridized carbons (Fsp3) is 0.211. The van der Waals surface area contributed by atoms with E-state index in [2.05, 4.69) is 10.1 Å². The van der Waals surface area contributed by atoms with Crippen LogP contribution in [0.4, 0.5) is 0 Å². The van der Waals surface area contributed by atoms with Gasteiger partial charge in [0.25, 0.3) is 0 Å². The molecule has 0 bridgehead atoms. The highest BCUT2D eigenvalue weighted by molar-refractivity contribution is 5.78. The summed E-state index contributed by atoms with van der Waals surface area (Å²) in [5, 5.41) is 11.6. The first-order valence-electron chi connectivity index (χ1n) is 7.65. The van der Waals surface area contributed by atoms with Gasteiger partial charge in [-0.3, -0.25) is 4.79 Å². The fourth-order valence-electron chi connectivity index (χ4n) is 2.05. The van der Waals surface area contributed by atoms with Gasteiger partial charge in [0.1, 0.15) is 5.75 Å². The third-order valence-electron chi connectivity index (χ3n) is 3.45. The molecule has 6 heteroatoms. The van der Waals surface area contributed by atoms with Crippen LogP contribution in [0.2, 0.25) is 0 Å². The summed E-state index contributed by atoms with van der Waals surface area (Å²) < 4.78 is 9.75. The lowest BCUT2D eigenvalue weighted by Gasteiger charge is -2.08. The van der Waals surface area contributed by atoms with Gasteiger partial charge in [0.05, 0.1) is 25.2 Å². The molecule has 0 aliphatic rings. The fourth-order valence-corrected chi connectivity index (χ4v) is 2.05. The molecule has 1 amide bonds. The first kappa shape index (κ1) is 18.0. The van der Waals surface area contributed by atoms with E-state index in [1.807, 2.05) is 18.2 Å². The third kappa shape index (κ3) is 5.99. The topological polar surface area (TPSA) is 88.4 Å². The van der Waals surface area contributed by atoms with Crippen LogP contribution in [0.3, 0.4) is 0 Å². The van der Waals surface area contributed by atoms with E-state index in [0.29, 0.717) is 17.9 Å². The molecule has 0 atom stereocenters. The zero-order valence-corrected chi connectivity index (χ0v) is 13.8. The molecule has 0 aromatic heterocycles. The summed E-state index contributed by atoms with van der Waals surface area (Å²) in [5.41, 5.74) is 2.33. The largest absolute Gasteiger partial charge is 0.482 e. The molecule has 128 valence electrons. The van der Waals surface area contributed by atoms with Crippen LogP contribution in [0.25, 0.3) is 0 Å². The average molecular weight is 338 g/mol. The van der Waals surface area contributed by atoms with Crippen LogP contribution in [0.1, 0.15) is 16.7 Å². The van der Waals surface area contributed by atoms with Crippen molar-refractivity contribution in [2.45, 2.75) is 13.0 Å². The highest BCUT2D eigenvalue weighted by atomic mass is 16.6. The predicted molar refractivity (Wildman–Crippen MR) is 90.7 cm³/mol. The normalized spacial score (nSPS) is 9.76. The molecule has 6 nitrogen and oxygen atoms in total. The molecule has 0 aliphatic carbocycles. The van der Waals surface area contributed by atoms with Gasteiger partial charge in [0.15, 0.2) is 6.61 Å². The number of benzene rings is 2. The molecule has 2 aromatic carbocycles. The van der Waals surface area contributed by atoms with Gasteiger partial charge in [-0.25, -0.2) is 4.79 Å². The van der Waals surface area contributed by atoms with Gasteiger partial charge in [-0.2, -0.15) is 5.26 Å². The van der Waals surface area contributed by atoms with Crippen molar-refractivity contribution in [3.8, 4) is 11.8 Å². The Morgan fingerprint density at radius 3 is 2.28 bits per heavy atom. The maximum Gasteiger partial charge on any atom is 0.343 e. The van der Waals surface area contributed by atoms with E-state index in [0.717, 1.165) is 11.1 Å². The molecule has 2 aromatic rings. The maximum absolute atomic E-state index is 12.0. The van der Waals surface area contributed by atoms with Crippen LogP contribution in [0.5, 0.6) is 5.75 Å². The summed E-state index contributed by atoms with van der Waals surface area (Å²) in [5.74, 6) is 0.00734. The highest BCUT2D eigenvalue weighted by Crippen LogP contribution is 2.12. The maximum atomic E-state index is 12.0. The summed E-state index contributed by atoms with van der Waals surface area (Å²) in [7, 11) is 1.30. The molecule has 0 fully saturated rings. The first-order valence-corrected chi connectivity index (χ1v) is 7.65. The summed E-state index contributed by atoms with van der Waals surface area (Å²) in [4.78, 5) is 23.0. The minimum absolute atomic E-state index is 0.101. The standard InChI is InChI=1S/C19H18N2O4/c1-24-19(23)13-25-17-8-6-16(7-9-17)12-21-18(22)10-14-2-4-15(11-20)5-3-14/h2-9H,10,12-13H2,1H3,(H,21,22). The minimum atomic E-state index is -0.445. The third-order valence-corrected chi connectivity index (χ3v) is 3.45. The Bertz CT molecular complexity index is 762. The molecule has 0 saturated heterocycles. The van der Waals surface area contributed by atoms with Crippen LogP contribution in [-0.4, -0.2) is 25.6 Å². The number of nitrogens with zero attached hydrogens (tertiary/aromatic N) is 1. The van der Waals surface area contributed by atoms with Crippen LogP contribution < -0.4 is 10.1 Å². The Hall–Kier alpha value is -3.33. The number of carbonyl (C=O) groups is 2. The number of amides is 1. The molecule has 0 aliphatic heterocycles. The molecule has 0 spiro atoms. The molecule has 1 N–H and O–H groups in total. The number of nitrogens with one attached hydrogen (secondary N) is 1. The van der Waals surface area contributed by atoms with Crippen molar-refractivity contribution in [2.24, 2.45) is 0 Å². The molecule has 2 rings (SSSR count). The summed E-state index contributed by atoms with van der Waals surface area (Å²) in [6, 6.07) is 16.0. The van der Waals surface area contributed by atoms with Crippen LogP contribution in [-0.2, 0) is 27.3 Å². The minimum Gasteiger partial charge on any atom is -0.482 e. The number of rotatable bonds is 7. The molecular weight excluding hydrogens is 320 g/mol. The molecule has 0 radical (unpaired) electrons. The van der Waals surface area contributed by atoms with Gasteiger partial charge in [-0.15, -0.1) is 0 Å². The van der Waals surface area contributed by atoms with Gasteiger partial charge in [0, 0.05) is 6.54 Å². The number of ether oxygens (including phenoxy) is 2. The van der Waals surface area contributed by atoms with Crippen molar-refractivity contribution < 1.29 is 19.1 Å². The van der Waals surface area contributed by atoms with Crippen LogP contribution in [0, 0.1) is 11.3 Å². The predicted octanol–water partition coefficient (Wildman–Crippen LogP) is 1.97. The van der Waals surface area contributed by atoms with E-state index in [1.165, 1.54) is 7.11 Å². The van der Waals surface area contributed by atoms with E-state index >= 15 is 0 Å². The van der Waals surface area contributed by atoms with Crippen molar-refractivity contribution in [1.82, 2.24) is 5.32 Å². The summed E-state index contributed by atoms with van der Waals surface area (Å²) in [6.45, 7) is 0.254. The first-order chi connectivity index (χ1) is 12.1. The second-order valence-corrected chi connectivity index (χ2v) is 5.27. The number of carbonyl (C=O) groups excluding carboxylic acids is 2. The van der Waals surface area contributed by atoms with E-state index < -0.39 is 5.97 Å². The lowest BCUT2D eigenvalue weighted by Crippen LogP contribution is -2.24. The number of hydrogen-bond donors (Lipinski definition) is 1. The van der Waals surface area contributed by atoms with Crippen molar-refractivity contribution >= 4 is 11.9 Å². The Labute approximate surface area is 146 Å². The van der Waals surface area contributed by atoms with E-state index in [4.69, 9.17) is 10.00 Å². The number of hydrogen-bond acceptors (Lipinski definition) is 5. The quantitative estimate of drug-likeness (QED) is 0.780. The smallest absolute Gasteiger partial charge is 0.343 e. The Kier molecular flexibility index (Phi) is 6.55. The van der Waals surface area contributed by atoms with Crippen LogP contribution in [0.15, 0.2) is 48.5 Å². The molecule has 25 heavy (non-hydrogen) atoms. The second kappa shape index (κ2) is 9.08. The Morgan fingerprint density at radius 1 is 1.04 bits per heavy atom. The molecule has 0 unspecified atom stereocenters. The molecule has 0 saturated carbocycles. The number of methoxy groups -OCH3 is 1. The van der Waals surface area contributed by atoms with Gasteiger partial charge in [0.2, 0.25) is 5.91 Å². The average Bonchev–Trinajstić information content (AvgIpc) is 2.65. The lowest BCUT2D eigenvalue weighted by molar-refractivity contribution is -0.142. The van der Waals surface area contributed by atoms with Gasteiger partial charge < -0.3 is 14.8 Å². The highest BCUT2D eigenvalue weighted by Gasteiger charge is 2.05. The van der Waals surface area contributed by atoms with Crippen molar-refractivity contribution in [1.29, 1.82) is 5.26 Å². The Balaban J connectivity index is 1.79. The van der Waals surface area contributed by atoms with E-state index in [1.54, 1.807) is 36.4 Å². The van der Waals surface area contributed by atoms with Gasteiger partial charge >= 0.3 is 5.97 Å². The number of nitriles is 1. The van der Waals surface area contributed by atoms with E-state index in [9.17, 15) is 9.59 Å². The zero-order chi connectivity index (χ0) is 18.1. The molecular formula is C19H18N2O4. The summed E-state index contributed by atoms with van der Waals surface area (Å²) >= 11 is 0. The lowest BCUT2D eigenvalue weighted by atomic mass is 10.1. The van der Waals surface area contributed by atoms with Crippen LogP contribution >= 0.6 is 0 Å².